The van der Waals surface area contributed by atoms with Gasteiger partial charge >= 0.3 is 0 Å². The number of pyridine rings is 1. The first kappa shape index (κ1) is 9.54. The minimum Gasteiger partial charge on any atom is -0.542 e. The Morgan fingerprint density at radius 1 is 1.42 bits per heavy atom. The van der Waals surface area contributed by atoms with E-state index in [0.717, 1.165) is 0 Å². The number of hydrogen-bond donors (Lipinski definition) is 0. The van der Waals surface area contributed by atoms with Gasteiger partial charge in [0.15, 0.2) is 5.15 Å². The molecule has 4 heteroatoms. The van der Waals surface area contributed by atoms with Crippen LogP contribution in [0.5, 0.6) is 5.75 Å². The Hall–Kier alpha value is -0.543. The summed E-state index contributed by atoms with van der Waals surface area (Å²) in [4.78, 5) is 3.93. The van der Waals surface area contributed by atoms with E-state index in [9.17, 15) is 0 Å². The van der Waals surface area contributed by atoms with Crippen LogP contribution < -0.4 is 4.43 Å². The summed E-state index contributed by atoms with van der Waals surface area (Å²) in [6.45, 7) is 6.32. The lowest BCUT2D eigenvalue weighted by Crippen LogP contribution is -2.29. The second kappa shape index (κ2) is 3.45. The van der Waals surface area contributed by atoms with Crippen LogP contribution in [0.3, 0.4) is 0 Å². The first-order chi connectivity index (χ1) is 5.49. The van der Waals surface area contributed by atoms with Gasteiger partial charge < -0.3 is 4.43 Å². The zero-order chi connectivity index (χ0) is 9.19. The average Bonchev–Trinajstić information content (AvgIpc) is 1.91. The molecule has 0 saturated heterocycles. The molecular weight excluding hydrogens is 190 g/mol. The molecule has 1 rings (SSSR count). The molecule has 1 aromatic heterocycles. The summed E-state index contributed by atoms with van der Waals surface area (Å²) in [5.41, 5.74) is 0. The molecule has 0 atom stereocenters. The minimum atomic E-state index is -1.55. The first-order valence-corrected chi connectivity index (χ1v) is 7.57. The van der Waals surface area contributed by atoms with E-state index in [2.05, 4.69) is 24.6 Å². The van der Waals surface area contributed by atoms with Gasteiger partial charge in [-0.25, -0.2) is 4.98 Å². The molecule has 0 aliphatic carbocycles. The molecule has 12 heavy (non-hydrogen) atoms. The lowest BCUT2D eigenvalue weighted by molar-refractivity contribution is 0.555. The van der Waals surface area contributed by atoms with Gasteiger partial charge in [-0.1, -0.05) is 11.6 Å². The first-order valence-electron chi connectivity index (χ1n) is 3.78. The molecule has 0 bridgehead atoms. The molecule has 0 amide bonds. The van der Waals surface area contributed by atoms with Crippen molar-refractivity contribution in [1.82, 2.24) is 4.98 Å². The van der Waals surface area contributed by atoms with Crippen LogP contribution in [-0.2, 0) is 0 Å². The quantitative estimate of drug-likeness (QED) is 0.542. The van der Waals surface area contributed by atoms with Crippen molar-refractivity contribution < 1.29 is 4.43 Å². The largest absolute Gasteiger partial charge is 0.542 e. The van der Waals surface area contributed by atoms with Crippen LogP contribution in [0, 0.1) is 0 Å². The third-order valence-electron chi connectivity index (χ3n) is 1.14. The third kappa shape index (κ3) is 2.83. The molecule has 0 fully saturated rings. The Balaban J connectivity index is 2.83. The van der Waals surface area contributed by atoms with E-state index in [1.807, 2.05) is 12.1 Å². The van der Waals surface area contributed by atoms with Crippen LogP contribution in [0.2, 0.25) is 24.8 Å². The van der Waals surface area contributed by atoms with Crippen LogP contribution in [0.1, 0.15) is 0 Å². The van der Waals surface area contributed by atoms with Gasteiger partial charge in [0, 0.05) is 6.20 Å². The van der Waals surface area contributed by atoms with E-state index >= 15 is 0 Å². The van der Waals surface area contributed by atoms with E-state index in [-0.39, 0.29) is 0 Å². The Labute approximate surface area is 78.7 Å². The summed E-state index contributed by atoms with van der Waals surface area (Å²) in [5, 5.41) is 0.444. The summed E-state index contributed by atoms with van der Waals surface area (Å²) in [6, 6.07) is 3.66. The molecule has 0 unspecified atom stereocenters. The predicted octanol–water partition coefficient (Wildman–Crippen LogP) is 2.95. The molecule has 1 heterocycles. The Morgan fingerprint density at radius 3 is 2.58 bits per heavy atom. The number of rotatable bonds is 2. The van der Waals surface area contributed by atoms with Crippen LogP contribution in [-0.4, -0.2) is 13.3 Å². The topological polar surface area (TPSA) is 22.1 Å². The van der Waals surface area contributed by atoms with Gasteiger partial charge in [0.25, 0.3) is 0 Å². The smallest absolute Gasteiger partial charge is 0.242 e. The fourth-order valence-corrected chi connectivity index (χ4v) is 1.82. The highest BCUT2D eigenvalue weighted by Crippen LogP contribution is 2.23. The van der Waals surface area contributed by atoms with Crippen molar-refractivity contribution in [3.8, 4) is 5.75 Å². The standard InChI is InChI=1S/C8H12ClNOSi/c1-12(2,3)11-7-5-4-6-10-8(7)9/h4-6H,1-3H3. The minimum absolute atomic E-state index is 0.444. The van der Waals surface area contributed by atoms with E-state index in [4.69, 9.17) is 16.0 Å². The highest BCUT2D eigenvalue weighted by atomic mass is 35.5. The molecule has 66 valence electrons. The fraction of sp³-hybridized carbons (Fsp3) is 0.375. The zero-order valence-corrected chi connectivity index (χ0v) is 9.22. The zero-order valence-electron chi connectivity index (χ0n) is 7.47. The lowest BCUT2D eigenvalue weighted by Gasteiger charge is -2.19. The van der Waals surface area contributed by atoms with Gasteiger partial charge in [0.1, 0.15) is 5.75 Å². The van der Waals surface area contributed by atoms with Crippen LogP contribution >= 0.6 is 11.6 Å². The van der Waals surface area contributed by atoms with Crippen LogP contribution in [0.4, 0.5) is 0 Å². The molecular formula is C8H12ClNOSi. The van der Waals surface area contributed by atoms with Crippen molar-refractivity contribution in [1.29, 1.82) is 0 Å². The summed E-state index contributed by atoms with van der Waals surface area (Å²) < 4.78 is 5.68. The normalized spacial score (nSPS) is 11.3. The number of nitrogens with zero attached hydrogens (tertiary/aromatic N) is 1. The number of hydrogen-bond acceptors (Lipinski definition) is 2. The summed E-state index contributed by atoms with van der Waals surface area (Å²) >= 11 is 5.82. The molecule has 0 aliphatic rings. The number of halogens is 1. The van der Waals surface area contributed by atoms with Gasteiger partial charge in [-0.2, -0.15) is 0 Å². The maximum Gasteiger partial charge on any atom is 0.242 e. The van der Waals surface area contributed by atoms with Crippen molar-refractivity contribution in [2.75, 3.05) is 0 Å². The van der Waals surface area contributed by atoms with Gasteiger partial charge in [0.2, 0.25) is 8.32 Å². The van der Waals surface area contributed by atoms with E-state index in [1.54, 1.807) is 6.20 Å². The van der Waals surface area contributed by atoms with Crippen molar-refractivity contribution in [2.45, 2.75) is 19.6 Å². The van der Waals surface area contributed by atoms with E-state index < -0.39 is 8.32 Å². The maximum atomic E-state index is 5.82. The highest BCUT2D eigenvalue weighted by Gasteiger charge is 2.17. The fourth-order valence-electron chi connectivity index (χ4n) is 0.777. The van der Waals surface area contributed by atoms with Crippen molar-refractivity contribution >= 4 is 19.9 Å². The lowest BCUT2D eigenvalue weighted by atomic mass is 10.5. The van der Waals surface area contributed by atoms with Gasteiger partial charge in [-0.15, -0.1) is 0 Å². The van der Waals surface area contributed by atoms with Crippen molar-refractivity contribution in [3.63, 3.8) is 0 Å². The molecule has 0 saturated carbocycles. The summed E-state index contributed by atoms with van der Waals surface area (Å²) in [6.07, 6.45) is 1.65. The molecule has 1 aromatic rings. The second-order valence-corrected chi connectivity index (χ2v) is 8.29. The Kier molecular flexibility index (Phi) is 2.75. The predicted molar refractivity (Wildman–Crippen MR) is 53.2 cm³/mol. The van der Waals surface area contributed by atoms with Crippen LogP contribution in [0.15, 0.2) is 18.3 Å². The van der Waals surface area contributed by atoms with Crippen molar-refractivity contribution in [2.24, 2.45) is 0 Å². The monoisotopic (exact) mass is 201 g/mol. The molecule has 2 nitrogen and oxygen atoms in total. The second-order valence-electron chi connectivity index (χ2n) is 3.51. The van der Waals surface area contributed by atoms with Gasteiger partial charge in [-0.3, -0.25) is 0 Å². The highest BCUT2D eigenvalue weighted by molar-refractivity contribution is 6.70. The molecule has 0 N–H and O–H groups in total. The maximum absolute atomic E-state index is 5.82. The van der Waals surface area contributed by atoms with E-state index in [1.165, 1.54) is 0 Å². The third-order valence-corrected chi connectivity index (χ3v) is 2.26. The van der Waals surface area contributed by atoms with Crippen LogP contribution in [0.25, 0.3) is 0 Å². The molecule has 0 aromatic carbocycles. The SMILES string of the molecule is C[Si](C)(C)Oc1cccnc1Cl. The van der Waals surface area contributed by atoms with Gasteiger partial charge in [-0.05, 0) is 31.8 Å². The van der Waals surface area contributed by atoms with Crippen molar-refractivity contribution in [3.05, 3.63) is 23.5 Å². The number of aromatic nitrogens is 1. The molecule has 0 spiro atoms. The Morgan fingerprint density at radius 2 is 2.08 bits per heavy atom. The van der Waals surface area contributed by atoms with Gasteiger partial charge in [0.05, 0.1) is 0 Å². The molecule has 0 radical (unpaired) electrons. The summed E-state index contributed by atoms with van der Waals surface area (Å²) in [7, 11) is -1.55. The molecule has 0 aliphatic heterocycles. The summed E-state index contributed by atoms with van der Waals surface area (Å²) in [5.74, 6) is 0.693. The Bertz CT molecular complexity index is 272. The van der Waals surface area contributed by atoms with E-state index in [0.29, 0.717) is 10.9 Å². The average molecular weight is 202 g/mol.